The van der Waals surface area contributed by atoms with Gasteiger partial charge in [-0.05, 0) is 42.8 Å². The number of anilines is 1. The molecule has 3 rings (SSSR count). The van der Waals surface area contributed by atoms with E-state index in [4.69, 9.17) is 0 Å². The summed E-state index contributed by atoms with van der Waals surface area (Å²) in [6.45, 7) is 0.642. The lowest BCUT2D eigenvalue weighted by Crippen LogP contribution is -2.49. The van der Waals surface area contributed by atoms with Crippen molar-refractivity contribution in [1.29, 1.82) is 0 Å². The summed E-state index contributed by atoms with van der Waals surface area (Å²) in [4.78, 5) is 27.5. The lowest BCUT2D eigenvalue weighted by Gasteiger charge is -2.34. The number of carbonyl (C=O) groups is 2. The standard InChI is InChI=1S/C17H18N2O2S/c20-16(18-13-7-2-1-3-8-13)14-9-4-5-11-19(14)17(21)15-10-6-12-22-15/h1-3,6-8,10,12,14H,4-5,9,11H2,(H,18,20)/t14-/m0/s1. The number of nitrogens with one attached hydrogen (secondary N) is 1. The lowest BCUT2D eigenvalue weighted by atomic mass is 10.0. The average molecular weight is 314 g/mol. The number of thiophene rings is 1. The van der Waals surface area contributed by atoms with Crippen LogP contribution in [0, 0.1) is 0 Å². The van der Waals surface area contributed by atoms with Crippen LogP contribution in [-0.2, 0) is 4.79 Å². The van der Waals surface area contributed by atoms with E-state index in [1.165, 1.54) is 11.3 Å². The highest BCUT2D eigenvalue weighted by Gasteiger charge is 2.32. The maximum atomic E-state index is 12.6. The highest BCUT2D eigenvalue weighted by atomic mass is 32.1. The van der Waals surface area contributed by atoms with Gasteiger partial charge in [0, 0.05) is 12.2 Å². The number of nitrogens with zero attached hydrogens (tertiary/aromatic N) is 1. The Morgan fingerprint density at radius 3 is 2.64 bits per heavy atom. The molecule has 0 bridgehead atoms. The van der Waals surface area contributed by atoms with E-state index in [0.717, 1.165) is 24.9 Å². The van der Waals surface area contributed by atoms with Gasteiger partial charge in [-0.1, -0.05) is 24.3 Å². The summed E-state index contributed by atoms with van der Waals surface area (Å²) in [7, 11) is 0. The molecule has 1 N–H and O–H groups in total. The molecule has 5 heteroatoms. The van der Waals surface area contributed by atoms with Crippen molar-refractivity contribution >= 4 is 28.8 Å². The van der Waals surface area contributed by atoms with Crippen molar-refractivity contribution in [1.82, 2.24) is 4.90 Å². The van der Waals surface area contributed by atoms with Crippen molar-refractivity contribution < 1.29 is 9.59 Å². The molecule has 1 aromatic carbocycles. The quantitative estimate of drug-likeness (QED) is 0.944. The van der Waals surface area contributed by atoms with Crippen LogP contribution in [0.4, 0.5) is 5.69 Å². The van der Waals surface area contributed by atoms with Crippen LogP contribution >= 0.6 is 11.3 Å². The van der Waals surface area contributed by atoms with E-state index in [9.17, 15) is 9.59 Å². The molecule has 0 spiro atoms. The molecule has 1 aliphatic heterocycles. The number of para-hydroxylation sites is 1. The molecule has 1 aliphatic rings. The molecule has 1 atom stereocenters. The zero-order valence-electron chi connectivity index (χ0n) is 12.2. The first kappa shape index (κ1) is 14.8. The summed E-state index contributed by atoms with van der Waals surface area (Å²) in [5.74, 6) is -0.140. The fourth-order valence-electron chi connectivity index (χ4n) is 2.74. The van der Waals surface area contributed by atoms with Gasteiger partial charge in [-0.15, -0.1) is 11.3 Å². The predicted octanol–water partition coefficient (Wildman–Crippen LogP) is 3.38. The summed E-state index contributed by atoms with van der Waals surface area (Å²) in [6.07, 6.45) is 2.64. The van der Waals surface area contributed by atoms with Gasteiger partial charge in [-0.25, -0.2) is 0 Å². The van der Waals surface area contributed by atoms with Crippen LogP contribution in [0.3, 0.4) is 0 Å². The molecule has 1 saturated heterocycles. The second-order valence-electron chi connectivity index (χ2n) is 5.34. The monoisotopic (exact) mass is 314 g/mol. The van der Waals surface area contributed by atoms with Gasteiger partial charge in [-0.3, -0.25) is 9.59 Å². The molecule has 4 nitrogen and oxygen atoms in total. The summed E-state index contributed by atoms with van der Waals surface area (Å²) in [6, 6.07) is 12.7. The summed E-state index contributed by atoms with van der Waals surface area (Å²) in [5.41, 5.74) is 0.765. The molecule has 1 aromatic heterocycles. The van der Waals surface area contributed by atoms with Crippen LogP contribution in [0.5, 0.6) is 0 Å². The highest BCUT2D eigenvalue weighted by molar-refractivity contribution is 7.12. The van der Waals surface area contributed by atoms with Gasteiger partial charge in [0.15, 0.2) is 0 Å². The minimum Gasteiger partial charge on any atom is -0.326 e. The summed E-state index contributed by atoms with van der Waals surface area (Å²) < 4.78 is 0. The lowest BCUT2D eigenvalue weighted by molar-refractivity contribution is -0.121. The Morgan fingerprint density at radius 2 is 1.91 bits per heavy atom. The third-order valence-electron chi connectivity index (χ3n) is 3.84. The summed E-state index contributed by atoms with van der Waals surface area (Å²) >= 11 is 1.42. The van der Waals surface area contributed by atoms with E-state index in [1.54, 1.807) is 4.90 Å². The first-order valence-electron chi connectivity index (χ1n) is 7.46. The molecular weight excluding hydrogens is 296 g/mol. The van der Waals surface area contributed by atoms with Crippen LogP contribution < -0.4 is 5.32 Å². The Kier molecular flexibility index (Phi) is 4.53. The molecule has 2 aromatic rings. The van der Waals surface area contributed by atoms with Crippen LogP contribution in [0.2, 0.25) is 0 Å². The molecule has 2 heterocycles. The van der Waals surface area contributed by atoms with Crippen molar-refractivity contribution in [3.63, 3.8) is 0 Å². The fourth-order valence-corrected chi connectivity index (χ4v) is 3.42. The number of carbonyl (C=O) groups excluding carboxylic acids is 2. The van der Waals surface area contributed by atoms with E-state index >= 15 is 0 Å². The van der Waals surface area contributed by atoms with Crippen LogP contribution in [0.1, 0.15) is 28.9 Å². The minimum absolute atomic E-state index is 0.0390. The first-order chi connectivity index (χ1) is 10.8. The van der Waals surface area contributed by atoms with E-state index in [2.05, 4.69) is 5.32 Å². The predicted molar refractivity (Wildman–Crippen MR) is 88.1 cm³/mol. The first-order valence-corrected chi connectivity index (χ1v) is 8.34. The van der Waals surface area contributed by atoms with Gasteiger partial charge in [0.05, 0.1) is 4.88 Å². The third kappa shape index (κ3) is 3.20. The molecule has 0 radical (unpaired) electrons. The van der Waals surface area contributed by atoms with Gasteiger partial charge in [0.1, 0.15) is 6.04 Å². The van der Waals surface area contributed by atoms with Gasteiger partial charge in [0.25, 0.3) is 5.91 Å². The Bertz CT molecular complexity index is 640. The second-order valence-corrected chi connectivity index (χ2v) is 6.29. The zero-order chi connectivity index (χ0) is 15.4. The number of hydrogen-bond acceptors (Lipinski definition) is 3. The van der Waals surface area contributed by atoms with Crippen molar-refractivity contribution in [3.8, 4) is 0 Å². The van der Waals surface area contributed by atoms with Gasteiger partial charge >= 0.3 is 0 Å². The largest absolute Gasteiger partial charge is 0.326 e. The molecular formula is C17H18N2O2S. The topological polar surface area (TPSA) is 49.4 Å². The van der Waals surface area contributed by atoms with Crippen molar-refractivity contribution in [2.45, 2.75) is 25.3 Å². The maximum absolute atomic E-state index is 12.6. The molecule has 22 heavy (non-hydrogen) atoms. The normalized spacial score (nSPS) is 18.0. The Morgan fingerprint density at radius 1 is 1.09 bits per heavy atom. The number of piperidine rings is 1. The average Bonchev–Trinajstić information content (AvgIpc) is 3.09. The SMILES string of the molecule is O=C(Nc1ccccc1)[C@@H]1CCCCN1C(=O)c1cccs1. The van der Waals surface area contributed by atoms with E-state index in [-0.39, 0.29) is 17.9 Å². The zero-order valence-corrected chi connectivity index (χ0v) is 13.0. The third-order valence-corrected chi connectivity index (χ3v) is 4.70. The number of rotatable bonds is 3. The number of likely N-dealkylation sites (tertiary alicyclic amines) is 1. The van der Waals surface area contributed by atoms with E-state index in [1.807, 2.05) is 47.8 Å². The number of amides is 2. The molecule has 0 aliphatic carbocycles. The number of benzene rings is 1. The van der Waals surface area contributed by atoms with Crippen LogP contribution in [-0.4, -0.2) is 29.3 Å². The Balaban J connectivity index is 1.75. The molecule has 114 valence electrons. The maximum Gasteiger partial charge on any atom is 0.264 e. The molecule has 1 fully saturated rings. The highest BCUT2D eigenvalue weighted by Crippen LogP contribution is 2.23. The van der Waals surface area contributed by atoms with Crippen molar-refractivity contribution in [2.24, 2.45) is 0 Å². The smallest absolute Gasteiger partial charge is 0.264 e. The second kappa shape index (κ2) is 6.75. The van der Waals surface area contributed by atoms with Crippen LogP contribution in [0.25, 0.3) is 0 Å². The van der Waals surface area contributed by atoms with Gasteiger partial charge in [-0.2, -0.15) is 0 Å². The molecule has 0 saturated carbocycles. The van der Waals surface area contributed by atoms with Gasteiger partial charge in [0.2, 0.25) is 5.91 Å². The minimum atomic E-state index is -0.386. The summed E-state index contributed by atoms with van der Waals surface area (Å²) in [5, 5.41) is 4.80. The molecule has 0 unspecified atom stereocenters. The fraction of sp³-hybridized carbons (Fsp3) is 0.294. The number of hydrogen-bond donors (Lipinski definition) is 1. The Labute approximate surface area is 133 Å². The Hall–Kier alpha value is -2.14. The molecule has 2 amide bonds. The van der Waals surface area contributed by atoms with Gasteiger partial charge < -0.3 is 10.2 Å². The van der Waals surface area contributed by atoms with E-state index in [0.29, 0.717) is 11.4 Å². The van der Waals surface area contributed by atoms with Crippen molar-refractivity contribution in [2.75, 3.05) is 11.9 Å². The van der Waals surface area contributed by atoms with Crippen LogP contribution in [0.15, 0.2) is 47.8 Å². The van der Waals surface area contributed by atoms with E-state index < -0.39 is 0 Å². The van der Waals surface area contributed by atoms with Crippen molar-refractivity contribution in [3.05, 3.63) is 52.7 Å².